The monoisotopic (exact) mass is 288 g/mol. The predicted molar refractivity (Wildman–Crippen MR) is 78.1 cm³/mol. The smallest absolute Gasteiger partial charge is 0.138 e. The maximum Gasteiger partial charge on any atom is 0.138 e. The molecule has 0 aromatic heterocycles. The van der Waals surface area contributed by atoms with E-state index in [0.717, 1.165) is 5.56 Å². The Hall–Kier alpha value is -2.19. The summed E-state index contributed by atoms with van der Waals surface area (Å²) in [5.41, 5.74) is 7.32. The summed E-state index contributed by atoms with van der Waals surface area (Å²) in [5, 5.41) is 9.02. The molecule has 0 unspecified atom stereocenters. The molecule has 0 heterocycles. The van der Waals surface area contributed by atoms with Gasteiger partial charge in [0.15, 0.2) is 0 Å². The zero-order chi connectivity index (χ0) is 14.5. The summed E-state index contributed by atoms with van der Waals surface area (Å²) < 4.78 is 18.7. The SMILES string of the molecule is COc1ccc(CSc2ccc(N)cc2F)cc1C#N. The highest BCUT2D eigenvalue weighted by Gasteiger charge is 2.06. The quantitative estimate of drug-likeness (QED) is 0.690. The summed E-state index contributed by atoms with van der Waals surface area (Å²) >= 11 is 1.36. The second-order valence-corrected chi connectivity index (χ2v) is 5.14. The lowest BCUT2D eigenvalue weighted by atomic mass is 10.1. The maximum absolute atomic E-state index is 13.6. The molecule has 0 fully saturated rings. The van der Waals surface area contributed by atoms with Crippen molar-refractivity contribution in [1.29, 1.82) is 5.26 Å². The van der Waals surface area contributed by atoms with Crippen molar-refractivity contribution >= 4 is 17.4 Å². The Morgan fingerprint density at radius 2 is 2.10 bits per heavy atom. The number of benzene rings is 2. The number of ether oxygens (including phenoxy) is 1. The number of halogens is 1. The van der Waals surface area contributed by atoms with Crippen LogP contribution in [0.1, 0.15) is 11.1 Å². The minimum atomic E-state index is -0.330. The van der Waals surface area contributed by atoms with Gasteiger partial charge >= 0.3 is 0 Å². The molecular weight excluding hydrogens is 275 g/mol. The molecule has 0 spiro atoms. The average Bonchev–Trinajstić information content (AvgIpc) is 2.46. The van der Waals surface area contributed by atoms with E-state index in [-0.39, 0.29) is 5.82 Å². The van der Waals surface area contributed by atoms with E-state index in [1.807, 2.05) is 6.07 Å². The van der Waals surface area contributed by atoms with Crippen molar-refractivity contribution in [3.05, 3.63) is 53.3 Å². The number of hydrogen-bond donors (Lipinski definition) is 1. The van der Waals surface area contributed by atoms with Gasteiger partial charge in [0.2, 0.25) is 0 Å². The van der Waals surface area contributed by atoms with E-state index < -0.39 is 0 Å². The van der Waals surface area contributed by atoms with Gasteiger partial charge in [-0.2, -0.15) is 5.26 Å². The van der Waals surface area contributed by atoms with Gasteiger partial charge in [-0.15, -0.1) is 11.8 Å². The van der Waals surface area contributed by atoms with Gasteiger partial charge in [0.25, 0.3) is 0 Å². The van der Waals surface area contributed by atoms with Gasteiger partial charge in [-0.1, -0.05) is 6.07 Å². The number of nitrogens with zero attached hydrogens (tertiary/aromatic N) is 1. The fourth-order valence-electron chi connectivity index (χ4n) is 1.73. The van der Waals surface area contributed by atoms with Crippen LogP contribution in [0, 0.1) is 17.1 Å². The molecular formula is C15H13FN2OS. The topological polar surface area (TPSA) is 59.0 Å². The largest absolute Gasteiger partial charge is 0.495 e. The minimum absolute atomic E-state index is 0.330. The average molecular weight is 288 g/mol. The van der Waals surface area contributed by atoms with Crippen molar-refractivity contribution in [3.63, 3.8) is 0 Å². The van der Waals surface area contributed by atoms with Crippen LogP contribution in [0.4, 0.5) is 10.1 Å². The molecule has 0 amide bonds. The molecule has 0 bridgehead atoms. The van der Waals surface area contributed by atoms with Crippen LogP contribution in [-0.4, -0.2) is 7.11 Å². The van der Waals surface area contributed by atoms with Gasteiger partial charge < -0.3 is 10.5 Å². The molecule has 2 rings (SSSR count). The van der Waals surface area contributed by atoms with Crippen LogP contribution < -0.4 is 10.5 Å². The number of thioether (sulfide) groups is 1. The Balaban J connectivity index is 2.13. The fourth-order valence-corrected chi connectivity index (χ4v) is 2.59. The van der Waals surface area contributed by atoms with E-state index in [2.05, 4.69) is 6.07 Å². The van der Waals surface area contributed by atoms with Crippen LogP contribution in [0.15, 0.2) is 41.3 Å². The number of anilines is 1. The Kier molecular flexibility index (Phi) is 4.49. The van der Waals surface area contributed by atoms with E-state index >= 15 is 0 Å². The first kappa shape index (κ1) is 14.2. The second kappa shape index (κ2) is 6.31. The minimum Gasteiger partial charge on any atom is -0.495 e. The van der Waals surface area contributed by atoms with Crippen LogP contribution in [0.25, 0.3) is 0 Å². The molecule has 0 radical (unpaired) electrons. The van der Waals surface area contributed by atoms with Crippen molar-refractivity contribution in [2.45, 2.75) is 10.6 Å². The van der Waals surface area contributed by atoms with E-state index in [1.165, 1.54) is 24.9 Å². The van der Waals surface area contributed by atoms with Crippen LogP contribution in [0.3, 0.4) is 0 Å². The summed E-state index contributed by atoms with van der Waals surface area (Å²) in [6.07, 6.45) is 0. The maximum atomic E-state index is 13.6. The molecule has 0 atom stereocenters. The third-order valence-corrected chi connectivity index (χ3v) is 3.85. The van der Waals surface area contributed by atoms with Crippen LogP contribution in [0.5, 0.6) is 5.75 Å². The number of nitriles is 1. The highest BCUT2D eigenvalue weighted by molar-refractivity contribution is 7.98. The number of methoxy groups -OCH3 is 1. The standard InChI is InChI=1S/C15H13FN2OS/c1-19-14-4-2-10(6-11(14)8-17)9-20-15-5-3-12(18)7-13(15)16/h2-7H,9,18H2,1H3. The fraction of sp³-hybridized carbons (Fsp3) is 0.133. The van der Waals surface area contributed by atoms with E-state index in [4.69, 9.17) is 15.7 Å². The summed E-state index contributed by atoms with van der Waals surface area (Å²) in [4.78, 5) is 0.536. The van der Waals surface area contributed by atoms with Gasteiger partial charge in [-0.05, 0) is 35.9 Å². The highest BCUT2D eigenvalue weighted by atomic mass is 32.2. The molecule has 5 heteroatoms. The first-order chi connectivity index (χ1) is 9.63. The highest BCUT2D eigenvalue weighted by Crippen LogP contribution is 2.28. The lowest BCUT2D eigenvalue weighted by molar-refractivity contribution is 0.413. The summed E-state index contributed by atoms with van der Waals surface area (Å²) in [6.45, 7) is 0. The Morgan fingerprint density at radius 3 is 2.75 bits per heavy atom. The zero-order valence-electron chi connectivity index (χ0n) is 10.9. The summed E-state index contributed by atoms with van der Waals surface area (Å²) in [5.74, 6) is 0.781. The predicted octanol–water partition coefficient (Wildman–Crippen LogP) is 3.58. The van der Waals surface area contributed by atoms with Crippen LogP contribution >= 0.6 is 11.8 Å². The van der Waals surface area contributed by atoms with Crippen LogP contribution in [-0.2, 0) is 5.75 Å². The lowest BCUT2D eigenvalue weighted by Crippen LogP contribution is -1.91. The van der Waals surface area contributed by atoms with Gasteiger partial charge in [0.1, 0.15) is 17.6 Å². The molecule has 0 saturated heterocycles. The van der Waals surface area contributed by atoms with Crippen molar-refractivity contribution in [2.24, 2.45) is 0 Å². The number of hydrogen-bond acceptors (Lipinski definition) is 4. The Bertz CT molecular complexity index is 667. The summed E-state index contributed by atoms with van der Waals surface area (Å²) in [7, 11) is 1.52. The normalized spacial score (nSPS) is 10.1. The van der Waals surface area contributed by atoms with E-state index in [1.54, 1.807) is 24.3 Å². The van der Waals surface area contributed by atoms with Crippen molar-refractivity contribution in [1.82, 2.24) is 0 Å². The first-order valence-corrected chi connectivity index (χ1v) is 6.87. The molecule has 0 aliphatic carbocycles. The van der Waals surface area contributed by atoms with Gasteiger partial charge in [0.05, 0.1) is 12.7 Å². The lowest BCUT2D eigenvalue weighted by Gasteiger charge is -2.07. The second-order valence-electron chi connectivity index (χ2n) is 4.12. The molecule has 3 nitrogen and oxygen atoms in total. The number of nitrogen functional groups attached to an aromatic ring is 1. The third-order valence-electron chi connectivity index (χ3n) is 2.73. The van der Waals surface area contributed by atoms with E-state index in [0.29, 0.717) is 27.6 Å². The molecule has 2 aromatic carbocycles. The number of rotatable bonds is 4. The first-order valence-electron chi connectivity index (χ1n) is 5.89. The van der Waals surface area contributed by atoms with Crippen molar-refractivity contribution in [3.8, 4) is 11.8 Å². The molecule has 102 valence electrons. The van der Waals surface area contributed by atoms with Crippen LogP contribution in [0.2, 0.25) is 0 Å². The molecule has 0 saturated carbocycles. The van der Waals surface area contributed by atoms with Gasteiger partial charge in [-0.25, -0.2) is 4.39 Å². The van der Waals surface area contributed by atoms with Crippen molar-refractivity contribution < 1.29 is 9.13 Å². The molecule has 2 aromatic rings. The van der Waals surface area contributed by atoms with Crippen molar-refractivity contribution in [2.75, 3.05) is 12.8 Å². The Morgan fingerprint density at radius 1 is 1.30 bits per heavy atom. The molecule has 2 N–H and O–H groups in total. The van der Waals surface area contributed by atoms with E-state index in [9.17, 15) is 4.39 Å². The molecule has 0 aliphatic rings. The van der Waals surface area contributed by atoms with Gasteiger partial charge in [-0.3, -0.25) is 0 Å². The zero-order valence-corrected chi connectivity index (χ0v) is 11.7. The molecule has 0 aliphatic heterocycles. The third kappa shape index (κ3) is 3.22. The van der Waals surface area contributed by atoms with Gasteiger partial charge in [0, 0.05) is 16.3 Å². The molecule has 20 heavy (non-hydrogen) atoms. The number of nitrogens with two attached hydrogens (primary N) is 1. The Labute approximate surface area is 121 Å². The summed E-state index contributed by atoms with van der Waals surface area (Å²) in [6, 6.07) is 12.1.